The molecule has 0 aromatic carbocycles. The topological polar surface area (TPSA) is 78.9 Å². The molecule has 0 N–H and O–H groups in total. The molecule has 0 spiro atoms. The van der Waals surface area contributed by atoms with Crippen LogP contribution in [0.3, 0.4) is 0 Å². The Bertz CT molecular complexity index is 1130. The summed E-state index contributed by atoms with van der Waals surface area (Å²) in [4.78, 5) is 37.8. The predicted molar refractivity (Wildman–Crippen MR) is 251 cm³/mol. The lowest BCUT2D eigenvalue weighted by molar-refractivity contribution is -0.167. The Morgan fingerprint density at radius 1 is 0.356 bits per heavy atom. The van der Waals surface area contributed by atoms with E-state index in [0.717, 1.165) is 109 Å². The number of rotatable bonds is 43. The standard InChI is InChI=1S/C53H90O6/c1-4-7-10-13-16-19-22-24-25-26-27-29-31-34-37-40-43-46-52(55)58-49-50(48-57-51(54)45-42-39-36-33-30-21-18-15-12-9-6-3)59-53(56)47-44-41-38-35-32-28-23-20-17-14-11-8-5-2/h8,11,15-20,24-25,28,32,50H,4-7,9-10,12-14,21-23,26-27,29-31,33-49H2,1-3H3/b11-8-,18-15-,19-16-,20-17-,25-24-,32-28-. The summed E-state index contributed by atoms with van der Waals surface area (Å²) < 4.78 is 16.7. The van der Waals surface area contributed by atoms with Crippen molar-refractivity contribution in [2.24, 2.45) is 0 Å². The molecule has 0 amide bonds. The number of carbonyl (C=O) groups excluding carboxylic acids is 3. The maximum atomic E-state index is 12.7. The van der Waals surface area contributed by atoms with E-state index in [4.69, 9.17) is 14.2 Å². The fourth-order valence-corrected chi connectivity index (χ4v) is 6.47. The highest BCUT2D eigenvalue weighted by molar-refractivity contribution is 5.71. The Labute approximate surface area is 363 Å². The van der Waals surface area contributed by atoms with Crippen molar-refractivity contribution in [1.29, 1.82) is 0 Å². The molecule has 0 aliphatic carbocycles. The minimum Gasteiger partial charge on any atom is -0.462 e. The zero-order chi connectivity index (χ0) is 43.0. The molecule has 59 heavy (non-hydrogen) atoms. The fraction of sp³-hybridized carbons (Fsp3) is 0.717. The fourth-order valence-electron chi connectivity index (χ4n) is 6.47. The molecule has 0 aliphatic rings. The molecule has 1 atom stereocenters. The van der Waals surface area contributed by atoms with Crippen LogP contribution >= 0.6 is 0 Å². The monoisotopic (exact) mass is 823 g/mol. The van der Waals surface area contributed by atoms with Crippen LogP contribution in [0.1, 0.15) is 226 Å². The highest BCUT2D eigenvalue weighted by Crippen LogP contribution is 2.13. The molecule has 0 saturated heterocycles. The minimum atomic E-state index is -0.795. The average molecular weight is 823 g/mol. The summed E-state index contributed by atoms with van der Waals surface area (Å²) >= 11 is 0. The number of hydrogen-bond donors (Lipinski definition) is 0. The molecule has 338 valence electrons. The third-order valence-corrected chi connectivity index (χ3v) is 10.2. The zero-order valence-electron chi connectivity index (χ0n) is 38.5. The van der Waals surface area contributed by atoms with Gasteiger partial charge < -0.3 is 14.2 Å². The van der Waals surface area contributed by atoms with Crippen molar-refractivity contribution in [3.63, 3.8) is 0 Å². The molecular weight excluding hydrogens is 733 g/mol. The van der Waals surface area contributed by atoms with E-state index in [1.165, 1.54) is 77.0 Å². The molecule has 1 unspecified atom stereocenters. The largest absolute Gasteiger partial charge is 0.462 e. The van der Waals surface area contributed by atoms with Gasteiger partial charge >= 0.3 is 17.9 Å². The van der Waals surface area contributed by atoms with Gasteiger partial charge in [-0.3, -0.25) is 14.4 Å². The van der Waals surface area contributed by atoms with E-state index in [1.54, 1.807) is 0 Å². The summed E-state index contributed by atoms with van der Waals surface area (Å²) in [6.45, 7) is 6.41. The van der Waals surface area contributed by atoms with Gasteiger partial charge in [0.2, 0.25) is 0 Å². The van der Waals surface area contributed by atoms with Crippen molar-refractivity contribution < 1.29 is 28.6 Å². The zero-order valence-corrected chi connectivity index (χ0v) is 38.5. The molecule has 0 heterocycles. The van der Waals surface area contributed by atoms with Gasteiger partial charge in [0, 0.05) is 19.3 Å². The Kier molecular flexibility index (Phi) is 45.0. The van der Waals surface area contributed by atoms with Crippen LogP contribution in [0.15, 0.2) is 72.9 Å². The number of hydrogen-bond acceptors (Lipinski definition) is 6. The second-order valence-corrected chi connectivity index (χ2v) is 16.0. The van der Waals surface area contributed by atoms with Gasteiger partial charge in [0.15, 0.2) is 6.10 Å². The van der Waals surface area contributed by atoms with E-state index in [9.17, 15) is 14.4 Å². The Balaban J connectivity index is 4.42. The number of esters is 3. The Morgan fingerprint density at radius 2 is 0.678 bits per heavy atom. The molecule has 0 saturated carbocycles. The molecule has 0 aliphatic heterocycles. The van der Waals surface area contributed by atoms with E-state index in [2.05, 4.69) is 93.7 Å². The first-order valence-corrected chi connectivity index (χ1v) is 24.4. The van der Waals surface area contributed by atoms with Gasteiger partial charge in [-0.15, -0.1) is 0 Å². The van der Waals surface area contributed by atoms with Crippen molar-refractivity contribution in [1.82, 2.24) is 0 Å². The Morgan fingerprint density at radius 3 is 1.12 bits per heavy atom. The maximum Gasteiger partial charge on any atom is 0.306 e. The first-order chi connectivity index (χ1) is 29.0. The summed E-state index contributed by atoms with van der Waals surface area (Å²) in [6, 6.07) is 0. The number of ether oxygens (including phenoxy) is 3. The van der Waals surface area contributed by atoms with E-state index < -0.39 is 6.10 Å². The van der Waals surface area contributed by atoms with Gasteiger partial charge in [-0.1, -0.05) is 177 Å². The smallest absolute Gasteiger partial charge is 0.306 e. The lowest BCUT2D eigenvalue weighted by Crippen LogP contribution is -2.30. The third-order valence-electron chi connectivity index (χ3n) is 10.2. The highest BCUT2D eigenvalue weighted by Gasteiger charge is 2.19. The van der Waals surface area contributed by atoms with Gasteiger partial charge in [-0.2, -0.15) is 0 Å². The number of allylic oxidation sites excluding steroid dienone is 12. The van der Waals surface area contributed by atoms with Crippen LogP contribution in [0.5, 0.6) is 0 Å². The Hall–Kier alpha value is -3.15. The molecular formula is C53H90O6. The second-order valence-electron chi connectivity index (χ2n) is 16.0. The highest BCUT2D eigenvalue weighted by atomic mass is 16.6. The summed E-state index contributed by atoms with van der Waals surface area (Å²) in [5.41, 5.74) is 0. The van der Waals surface area contributed by atoms with Crippen molar-refractivity contribution >= 4 is 17.9 Å². The van der Waals surface area contributed by atoms with Gasteiger partial charge in [-0.25, -0.2) is 0 Å². The lowest BCUT2D eigenvalue weighted by atomic mass is 10.1. The van der Waals surface area contributed by atoms with Crippen LogP contribution < -0.4 is 0 Å². The van der Waals surface area contributed by atoms with Crippen molar-refractivity contribution in [2.75, 3.05) is 13.2 Å². The third kappa shape index (κ3) is 45.8. The van der Waals surface area contributed by atoms with E-state index in [1.807, 2.05) is 0 Å². The van der Waals surface area contributed by atoms with Gasteiger partial charge in [0.25, 0.3) is 0 Å². The molecule has 0 aromatic heterocycles. The lowest BCUT2D eigenvalue weighted by Gasteiger charge is -2.18. The number of unbranched alkanes of at least 4 members (excludes halogenated alkanes) is 20. The average Bonchev–Trinajstić information content (AvgIpc) is 3.23. The summed E-state index contributed by atoms with van der Waals surface area (Å²) in [5, 5.41) is 0. The van der Waals surface area contributed by atoms with Crippen LogP contribution in [-0.2, 0) is 28.6 Å². The molecule has 0 fully saturated rings. The molecule has 6 heteroatoms. The number of carbonyl (C=O) groups is 3. The minimum absolute atomic E-state index is 0.0947. The summed E-state index contributed by atoms with van der Waals surface area (Å²) in [7, 11) is 0. The molecule has 0 rings (SSSR count). The van der Waals surface area contributed by atoms with Crippen molar-refractivity contribution in [2.45, 2.75) is 232 Å². The van der Waals surface area contributed by atoms with Gasteiger partial charge in [0.1, 0.15) is 13.2 Å². The van der Waals surface area contributed by atoms with Gasteiger partial charge in [-0.05, 0) is 103 Å². The first-order valence-electron chi connectivity index (χ1n) is 24.4. The quantitative estimate of drug-likeness (QED) is 0.0264. The van der Waals surface area contributed by atoms with Crippen LogP contribution in [-0.4, -0.2) is 37.2 Å². The van der Waals surface area contributed by atoms with Crippen molar-refractivity contribution in [3.05, 3.63) is 72.9 Å². The first kappa shape index (κ1) is 55.9. The molecule has 0 radical (unpaired) electrons. The molecule has 0 aromatic rings. The van der Waals surface area contributed by atoms with Crippen LogP contribution in [0, 0.1) is 0 Å². The molecule has 0 bridgehead atoms. The summed E-state index contributed by atoms with van der Waals surface area (Å²) in [5.74, 6) is -0.944. The van der Waals surface area contributed by atoms with Gasteiger partial charge in [0.05, 0.1) is 0 Å². The second kappa shape index (κ2) is 47.5. The maximum absolute atomic E-state index is 12.7. The van der Waals surface area contributed by atoms with Crippen LogP contribution in [0.4, 0.5) is 0 Å². The van der Waals surface area contributed by atoms with E-state index in [0.29, 0.717) is 12.8 Å². The SMILES string of the molecule is CC/C=C\C/C=C\C/C=C\CCCCCC(=O)OC(COC(=O)CCCCCCC/C=C\CCCC)COC(=O)CCCCCCCCC/C=C\C/C=C\CCCCC. The van der Waals surface area contributed by atoms with E-state index in [-0.39, 0.29) is 37.5 Å². The van der Waals surface area contributed by atoms with Crippen molar-refractivity contribution in [3.8, 4) is 0 Å². The summed E-state index contributed by atoms with van der Waals surface area (Å²) in [6.07, 6.45) is 58.8. The molecule has 6 nitrogen and oxygen atoms in total. The van der Waals surface area contributed by atoms with E-state index >= 15 is 0 Å². The van der Waals surface area contributed by atoms with Crippen LogP contribution in [0.2, 0.25) is 0 Å². The predicted octanol–water partition coefficient (Wildman–Crippen LogP) is 15.9. The normalized spacial score (nSPS) is 12.7. The van der Waals surface area contributed by atoms with Crippen LogP contribution in [0.25, 0.3) is 0 Å².